The van der Waals surface area contributed by atoms with Crippen molar-refractivity contribution in [3.05, 3.63) is 29.1 Å². The lowest BCUT2D eigenvalue weighted by molar-refractivity contribution is -0.138. The van der Waals surface area contributed by atoms with Gasteiger partial charge in [-0.2, -0.15) is 9.29 Å². The molecule has 1 atom stereocenters. The molecule has 2 aliphatic rings. The Morgan fingerprint density at radius 1 is 1.19 bits per heavy atom. The highest BCUT2D eigenvalue weighted by molar-refractivity contribution is 7.89. The van der Waals surface area contributed by atoms with Crippen LogP contribution in [0, 0.1) is 12.8 Å². The van der Waals surface area contributed by atoms with E-state index >= 15 is 0 Å². The maximum absolute atomic E-state index is 13.4. The number of hydrogen-bond donors (Lipinski definition) is 0. The number of amides is 1. The van der Waals surface area contributed by atoms with Crippen molar-refractivity contribution in [3.8, 4) is 11.4 Å². The maximum atomic E-state index is 13.4. The Balaban J connectivity index is 1.55. The van der Waals surface area contributed by atoms with Crippen LogP contribution < -0.4 is 0 Å². The second-order valence-electron chi connectivity index (χ2n) is 8.11. The summed E-state index contributed by atoms with van der Waals surface area (Å²) in [6.45, 7) is 5.20. The number of halogens is 1. The summed E-state index contributed by atoms with van der Waals surface area (Å²) in [5.74, 6) is 0.381. The van der Waals surface area contributed by atoms with E-state index < -0.39 is 10.0 Å². The Morgan fingerprint density at radius 3 is 2.61 bits per heavy atom. The Kier molecular flexibility index (Phi) is 6.34. The largest absolute Gasteiger partial charge is 0.340 e. The zero-order valence-corrected chi connectivity index (χ0v) is 19.2. The van der Waals surface area contributed by atoms with E-state index in [4.69, 9.17) is 16.1 Å². The minimum Gasteiger partial charge on any atom is -0.340 e. The van der Waals surface area contributed by atoms with Crippen molar-refractivity contribution in [3.63, 3.8) is 0 Å². The molecule has 11 heteroatoms. The molecule has 1 amide bonds. The summed E-state index contributed by atoms with van der Waals surface area (Å²) in [5.41, 5.74) is 0.502. The van der Waals surface area contributed by atoms with Gasteiger partial charge in [0.2, 0.25) is 27.6 Å². The molecule has 0 N–H and O–H groups in total. The van der Waals surface area contributed by atoms with Crippen molar-refractivity contribution in [2.24, 2.45) is 5.92 Å². The zero-order valence-electron chi connectivity index (χ0n) is 17.6. The van der Waals surface area contributed by atoms with Gasteiger partial charge >= 0.3 is 0 Å². The monoisotopic (exact) mass is 467 g/mol. The molecule has 168 valence electrons. The van der Waals surface area contributed by atoms with Gasteiger partial charge in [-0.3, -0.25) is 4.79 Å². The summed E-state index contributed by atoms with van der Waals surface area (Å²) in [4.78, 5) is 21.2. The zero-order chi connectivity index (χ0) is 22.2. The summed E-state index contributed by atoms with van der Waals surface area (Å²) in [6, 6.07) is 4.64. The average molecular weight is 468 g/mol. The molecule has 2 fully saturated rings. The quantitative estimate of drug-likeness (QED) is 0.676. The van der Waals surface area contributed by atoms with Gasteiger partial charge in [-0.1, -0.05) is 16.8 Å². The molecule has 0 spiro atoms. The lowest BCUT2D eigenvalue weighted by Gasteiger charge is -2.37. The number of benzene rings is 1. The van der Waals surface area contributed by atoms with E-state index in [0.717, 1.165) is 13.1 Å². The molecule has 2 aliphatic heterocycles. The van der Waals surface area contributed by atoms with E-state index in [1.807, 2.05) is 11.9 Å². The molecule has 1 aromatic heterocycles. The van der Waals surface area contributed by atoms with Crippen molar-refractivity contribution in [1.82, 2.24) is 24.2 Å². The van der Waals surface area contributed by atoms with Gasteiger partial charge in [0, 0.05) is 51.8 Å². The summed E-state index contributed by atoms with van der Waals surface area (Å²) in [5, 5.41) is 3.97. The number of piperidine rings is 1. The van der Waals surface area contributed by atoms with Crippen molar-refractivity contribution in [2.45, 2.75) is 24.7 Å². The minimum atomic E-state index is -3.89. The molecule has 0 radical (unpaired) electrons. The lowest BCUT2D eigenvalue weighted by atomic mass is 9.98. The number of hydrogen-bond acceptors (Lipinski definition) is 7. The first-order chi connectivity index (χ1) is 14.8. The third kappa shape index (κ3) is 4.62. The number of piperazine rings is 1. The fourth-order valence-electron chi connectivity index (χ4n) is 4.04. The van der Waals surface area contributed by atoms with Crippen LogP contribution >= 0.6 is 11.6 Å². The molecule has 1 aromatic carbocycles. The third-order valence-electron chi connectivity index (χ3n) is 5.88. The van der Waals surface area contributed by atoms with Crippen LogP contribution in [0.25, 0.3) is 11.4 Å². The van der Waals surface area contributed by atoms with E-state index in [-0.39, 0.29) is 28.3 Å². The lowest BCUT2D eigenvalue weighted by Crippen LogP contribution is -2.52. The highest BCUT2D eigenvalue weighted by Crippen LogP contribution is 2.32. The second kappa shape index (κ2) is 8.85. The van der Waals surface area contributed by atoms with Crippen LogP contribution in [0.4, 0.5) is 0 Å². The van der Waals surface area contributed by atoms with Gasteiger partial charge in [0.25, 0.3) is 0 Å². The van der Waals surface area contributed by atoms with Gasteiger partial charge in [-0.05, 0) is 38.1 Å². The predicted molar refractivity (Wildman–Crippen MR) is 115 cm³/mol. The van der Waals surface area contributed by atoms with Crippen LogP contribution in [0.2, 0.25) is 5.02 Å². The first-order valence-electron chi connectivity index (χ1n) is 10.3. The normalized spacial score (nSPS) is 21.4. The molecule has 0 aliphatic carbocycles. The summed E-state index contributed by atoms with van der Waals surface area (Å²) in [7, 11) is -1.85. The van der Waals surface area contributed by atoms with Crippen LogP contribution in [-0.4, -0.2) is 84.9 Å². The first kappa shape index (κ1) is 22.2. The number of likely N-dealkylation sites (N-methyl/N-ethyl adjacent to an activating group) is 1. The Hall–Kier alpha value is -2.01. The van der Waals surface area contributed by atoms with Crippen molar-refractivity contribution in [2.75, 3.05) is 46.3 Å². The molecule has 1 unspecified atom stereocenters. The number of sulfonamides is 1. The number of nitrogens with zero attached hydrogens (tertiary/aromatic N) is 5. The van der Waals surface area contributed by atoms with Crippen molar-refractivity contribution in [1.29, 1.82) is 0 Å². The topological polar surface area (TPSA) is 99.8 Å². The molecule has 2 aromatic rings. The average Bonchev–Trinajstić information content (AvgIpc) is 3.20. The highest BCUT2D eigenvalue weighted by atomic mass is 35.5. The van der Waals surface area contributed by atoms with Gasteiger partial charge in [0.1, 0.15) is 4.90 Å². The molecule has 4 rings (SSSR count). The molecular weight excluding hydrogens is 442 g/mol. The summed E-state index contributed by atoms with van der Waals surface area (Å²) >= 11 is 6.28. The predicted octanol–water partition coefficient (Wildman–Crippen LogP) is 1.87. The standard InChI is InChI=1S/C20H26ClN5O4S/c1-14-22-19(23-30-14)15-5-6-17(21)18(12-15)31(28,29)26-7-3-4-16(13-26)20(27)25-10-8-24(2)9-11-25/h5-6,12,16H,3-4,7-11,13H2,1-2H3. The fraction of sp³-hybridized carbons (Fsp3) is 0.550. The summed E-state index contributed by atoms with van der Waals surface area (Å²) < 4.78 is 33.2. The molecule has 3 heterocycles. The second-order valence-corrected chi connectivity index (χ2v) is 10.4. The minimum absolute atomic E-state index is 0.0122. The van der Waals surface area contributed by atoms with E-state index in [9.17, 15) is 13.2 Å². The molecule has 0 bridgehead atoms. The number of aryl methyl sites for hydroxylation is 1. The SMILES string of the molecule is Cc1nc(-c2ccc(Cl)c(S(=O)(=O)N3CCCC(C(=O)N4CCN(C)CC4)C3)c2)no1. The van der Waals surface area contributed by atoms with Crippen LogP contribution in [0.3, 0.4) is 0 Å². The van der Waals surface area contributed by atoms with Crippen molar-refractivity contribution < 1.29 is 17.7 Å². The molecule has 9 nitrogen and oxygen atoms in total. The van der Waals surface area contributed by atoms with E-state index in [1.54, 1.807) is 13.0 Å². The number of carbonyl (C=O) groups is 1. The van der Waals surface area contributed by atoms with Crippen LogP contribution in [0.5, 0.6) is 0 Å². The molecular formula is C20H26ClN5O4S. The molecule has 2 saturated heterocycles. The van der Waals surface area contributed by atoms with Gasteiger partial charge in [0.15, 0.2) is 0 Å². The van der Waals surface area contributed by atoms with Gasteiger partial charge in [-0.25, -0.2) is 8.42 Å². The van der Waals surface area contributed by atoms with E-state index in [2.05, 4.69) is 15.0 Å². The number of carbonyl (C=O) groups excluding carboxylic acids is 1. The van der Waals surface area contributed by atoms with Crippen molar-refractivity contribution >= 4 is 27.5 Å². The smallest absolute Gasteiger partial charge is 0.244 e. The highest BCUT2D eigenvalue weighted by Gasteiger charge is 2.36. The maximum Gasteiger partial charge on any atom is 0.244 e. The van der Waals surface area contributed by atoms with Gasteiger partial charge in [0.05, 0.1) is 10.9 Å². The Morgan fingerprint density at radius 2 is 1.94 bits per heavy atom. The van der Waals surface area contributed by atoms with Crippen LogP contribution in [0.15, 0.2) is 27.6 Å². The Labute approximate surface area is 187 Å². The summed E-state index contributed by atoms with van der Waals surface area (Å²) in [6.07, 6.45) is 1.32. The molecule has 0 saturated carbocycles. The fourth-order valence-corrected chi connectivity index (χ4v) is 6.07. The first-order valence-corrected chi connectivity index (χ1v) is 12.2. The Bertz CT molecular complexity index is 1070. The number of rotatable bonds is 4. The number of aromatic nitrogens is 2. The van der Waals surface area contributed by atoms with Gasteiger partial charge < -0.3 is 14.3 Å². The van der Waals surface area contributed by atoms with E-state index in [1.165, 1.54) is 16.4 Å². The van der Waals surface area contributed by atoms with Crippen LogP contribution in [0.1, 0.15) is 18.7 Å². The van der Waals surface area contributed by atoms with E-state index in [0.29, 0.717) is 49.8 Å². The molecule has 31 heavy (non-hydrogen) atoms. The van der Waals surface area contributed by atoms with Gasteiger partial charge in [-0.15, -0.1) is 0 Å². The third-order valence-corrected chi connectivity index (χ3v) is 8.23. The van der Waals surface area contributed by atoms with Crippen LogP contribution in [-0.2, 0) is 14.8 Å².